The van der Waals surface area contributed by atoms with Gasteiger partial charge in [-0.1, -0.05) is 12.1 Å². The number of ether oxygens (including phenoxy) is 1. The van der Waals surface area contributed by atoms with Crippen molar-refractivity contribution in [3.63, 3.8) is 0 Å². The molecular weight excluding hydrogens is 272 g/mol. The van der Waals surface area contributed by atoms with Gasteiger partial charge in [0.25, 0.3) is 5.91 Å². The third-order valence-electron chi connectivity index (χ3n) is 3.08. The number of anilines is 1. The van der Waals surface area contributed by atoms with Crippen molar-refractivity contribution in [2.45, 2.75) is 13.8 Å². The number of carbonyl (C=O) groups excluding carboxylic acids is 1. The van der Waals surface area contributed by atoms with Crippen LogP contribution in [0.2, 0.25) is 0 Å². The summed E-state index contributed by atoms with van der Waals surface area (Å²) < 4.78 is 5.17. The van der Waals surface area contributed by atoms with Gasteiger partial charge >= 0.3 is 0 Å². The first-order valence-electron chi connectivity index (χ1n) is 6.03. The molecule has 1 aromatic carbocycles. The number of hydrogen-bond acceptors (Lipinski definition) is 4. The van der Waals surface area contributed by atoms with E-state index < -0.39 is 0 Å². The topological polar surface area (TPSA) is 62.1 Å². The van der Waals surface area contributed by atoms with E-state index in [1.807, 2.05) is 13.8 Å². The average molecular weight is 286 g/mol. The summed E-state index contributed by atoms with van der Waals surface area (Å²) >= 11 is 1.41. The Balaban J connectivity index is 2.33. The van der Waals surface area contributed by atoms with Crippen molar-refractivity contribution in [1.82, 2.24) is 0 Å². The Morgan fingerprint density at radius 2 is 2.05 bits per heavy atom. The van der Waals surface area contributed by atoms with E-state index >= 15 is 0 Å². The predicted molar refractivity (Wildman–Crippen MR) is 79.5 cm³/mol. The highest BCUT2D eigenvalue weighted by Gasteiger charge is 2.17. The molecule has 1 N–H and O–H groups in total. The van der Waals surface area contributed by atoms with Gasteiger partial charge in [-0.15, -0.1) is 11.3 Å². The molecule has 0 bridgehead atoms. The second kappa shape index (κ2) is 5.76. The molecule has 2 aromatic rings. The fourth-order valence-electron chi connectivity index (χ4n) is 1.85. The van der Waals surface area contributed by atoms with E-state index in [1.54, 1.807) is 24.3 Å². The highest BCUT2D eigenvalue weighted by atomic mass is 32.1. The van der Waals surface area contributed by atoms with Crippen LogP contribution >= 0.6 is 11.3 Å². The van der Waals surface area contributed by atoms with Crippen LogP contribution in [0.3, 0.4) is 0 Å². The van der Waals surface area contributed by atoms with Crippen molar-refractivity contribution in [2.75, 3.05) is 12.4 Å². The van der Waals surface area contributed by atoms with Crippen LogP contribution in [-0.4, -0.2) is 13.0 Å². The lowest BCUT2D eigenvalue weighted by atomic mass is 10.1. The summed E-state index contributed by atoms with van der Waals surface area (Å²) in [6, 6.07) is 9.12. The van der Waals surface area contributed by atoms with Gasteiger partial charge in [0.05, 0.1) is 18.2 Å². The Morgan fingerprint density at radius 3 is 2.70 bits per heavy atom. The molecular formula is C15H14N2O2S. The fourth-order valence-corrected chi connectivity index (χ4v) is 2.86. The van der Waals surface area contributed by atoms with E-state index in [1.165, 1.54) is 18.4 Å². The second-order valence-corrected chi connectivity index (χ2v) is 5.48. The molecule has 0 aliphatic carbocycles. The Kier molecular flexibility index (Phi) is 4.06. The number of para-hydroxylation sites is 1. The molecule has 0 aliphatic rings. The SMILES string of the molecule is COc1ccccc1C(=O)Nc1sc(C)c(C)c1C#N. The van der Waals surface area contributed by atoms with Crippen LogP contribution in [0, 0.1) is 25.2 Å². The zero-order valence-electron chi connectivity index (χ0n) is 11.5. The summed E-state index contributed by atoms with van der Waals surface area (Å²) in [5.41, 5.74) is 1.88. The average Bonchev–Trinajstić information content (AvgIpc) is 2.73. The van der Waals surface area contributed by atoms with Gasteiger partial charge in [0.15, 0.2) is 0 Å². The number of thiophene rings is 1. The van der Waals surface area contributed by atoms with E-state index in [-0.39, 0.29) is 5.91 Å². The standard InChI is InChI=1S/C15H14N2O2S/c1-9-10(2)20-15(12(9)8-16)17-14(18)11-6-4-5-7-13(11)19-3/h4-7H,1-3H3,(H,17,18). The van der Waals surface area contributed by atoms with Crippen molar-refractivity contribution in [3.8, 4) is 11.8 Å². The van der Waals surface area contributed by atoms with Gasteiger partial charge in [-0.25, -0.2) is 0 Å². The van der Waals surface area contributed by atoms with Gasteiger partial charge in [0.2, 0.25) is 0 Å². The van der Waals surface area contributed by atoms with Crippen molar-refractivity contribution < 1.29 is 9.53 Å². The molecule has 1 aromatic heterocycles. The normalized spacial score (nSPS) is 9.90. The van der Waals surface area contributed by atoms with Crippen LogP contribution in [-0.2, 0) is 0 Å². The molecule has 0 atom stereocenters. The first-order chi connectivity index (χ1) is 9.58. The lowest BCUT2D eigenvalue weighted by Gasteiger charge is -2.08. The van der Waals surface area contributed by atoms with Crippen LogP contribution in [0.4, 0.5) is 5.00 Å². The van der Waals surface area contributed by atoms with Gasteiger partial charge in [0.1, 0.15) is 16.8 Å². The zero-order chi connectivity index (χ0) is 14.7. The van der Waals surface area contributed by atoms with Gasteiger partial charge in [-0.05, 0) is 31.5 Å². The monoisotopic (exact) mass is 286 g/mol. The molecule has 1 amide bonds. The van der Waals surface area contributed by atoms with Gasteiger partial charge in [0, 0.05) is 4.88 Å². The summed E-state index contributed by atoms with van der Waals surface area (Å²) in [6.07, 6.45) is 0. The van der Waals surface area contributed by atoms with Crippen molar-refractivity contribution in [2.24, 2.45) is 0 Å². The van der Waals surface area contributed by atoms with Crippen molar-refractivity contribution in [3.05, 3.63) is 45.8 Å². The highest BCUT2D eigenvalue weighted by Crippen LogP contribution is 2.32. The molecule has 0 radical (unpaired) electrons. The van der Waals surface area contributed by atoms with Gasteiger partial charge in [-0.2, -0.15) is 5.26 Å². The molecule has 0 saturated carbocycles. The summed E-state index contributed by atoms with van der Waals surface area (Å²) in [5.74, 6) is 0.230. The van der Waals surface area contributed by atoms with E-state index in [9.17, 15) is 10.1 Å². The minimum absolute atomic E-state index is 0.278. The maximum absolute atomic E-state index is 12.3. The van der Waals surface area contributed by atoms with Crippen molar-refractivity contribution >= 4 is 22.2 Å². The Hall–Kier alpha value is -2.32. The van der Waals surface area contributed by atoms with Crippen LogP contribution in [0.25, 0.3) is 0 Å². The molecule has 0 saturated heterocycles. The quantitative estimate of drug-likeness (QED) is 0.939. The number of nitrogens with zero attached hydrogens (tertiary/aromatic N) is 1. The fraction of sp³-hybridized carbons (Fsp3) is 0.200. The Labute approximate surface area is 121 Å². The van der Waals surface area contributed by atoms with Crippen LogP contribution < -0.4 is 10.1 Å². The third kappa shape index (κ3) is 2.51. The molecule has 102 valence electrons. The molecule has 20 heavy (non-hydrogen) atoms. The molecule has 0 aliphatic heterocycles. The Morgan fingerprint density at radius 1 is 1.35 bits per heavy atom. The van der Waals surface area contributed by atoms with E-state index in [2.05, 4.69) is 11.4 Å². The molecule has 0 unspecified atom stereocenters. The number of amides is 1. The van der Waals surface area contributed by atoms with Crippen LogP contribution in [0.15, 0.2) is 24.3 Å². The largest absolute Gasteiger partial charge is 0.496 e. The summed E-state index contributed by atoms with van der Waals surface area (Å²) in [5, 5.41) is 12.6. The Bertz CT molecular complexity index is 698. The van der Waals surface area contributed by atoms with Crippen LogP contribution in [0.1, 0.15) is 26.4 Å². The summed E-state index contributed by atoms with van der Waals surface area (Å²) in [4.78, 5) is 13.3. The number of methoxy groups -OCH3 is 1. The lowest BCUT2D eigenvalue weighted by Crippen LogP contribution is -2.13. The second-order valence-electron chi connectivity index (χ2n) is 4.25. The molecule has 4 nitrogen and oxygen atoms in total. The van der Waals surface area contributed by atoms with E-state index in [4.69, 9.17) is 4.74 Å². The molecule has 0 fully saturated rings. The number of rotatable bonds is 3. The molecule has 0 spiro atoms. The molecule has 1 heterocycles. The highest BCUT2D eigenvalue weighted by molar-refractivity contribution is 7.16. The minimum atomic E-state index is -0.278. The number of nitrogens with one attached hydrogen (secondary N) is 1. The molecule has 5 heteroatoms. The summed E-state index contributed by atoms with van der Waals surface area (Å²) in [6.45, 7) is 3.81. The lowest BCUT2D eigenvalue weighted by molar-refractivity contribution is 0.102. The minimum Gasteiger partial charge on any atom is -0.496 e. The van der Waals surface area contributed by atoms with Crippen molar-refractivity contribution in [1.29, 1.82) is 5.26 Å². The first kappa shape index (κ1) is 14.1. The van der Waals surface area contributed by atoms with E-state index in [0.717, 1.165) is 10.4 Å². The maximum atomic E-state index is 12.3. The number of aryl methyl sites for hydroxylation is 1. The van der Waals surface area contributed by atoms with Gasteiger partial charge in [-0.3, -0.25) is 4.79 Å². The smallest absolute Gasteiger partial charge is 0.260 e. The van der Waals surface area contributed by atoms with Gasteiger partial charge < -0.3 is 10.1 Å². The maximum Gasteiger partial charge on any atom is 0.260 e. The molecule has 2 rings (SSSR count). The number of carbonyl (C=O) groups is 1. The van der Waals surface area contributed by atoms with Crippen LogP contribution in [0.5, 0.6) is 5.75 Å². The number of hydrogen-bond donors (Lipinski definition) is 1. The number of nitriles is 1. The summed E-state index contributed by atoms with van der Waals surface area (Å²) in [7, 11) is 1.52. The number of benzene rings is 1. The third-order valence-corrected chi connectivity index (χ3v) is 4.20. The predicted octanol–water partition coefficient (Wildman–Crippen LogP) is 3.50. The zero-order valence-corrected chi connectivity index (χ0v) is 12.3. The van der Waals surface area contributed by atoms with E-state index in [0.29, 0.717) is 21.9 Å². The first-order valence-corrected chi connectivity index (χ1v) is 6.84.